The van der Waals surface area contributed by atoms with Gasteiger partial charge in [0.2, 0.25) is 5.91 Å². The van der Waals surface area contributed by atoms with Gasteiger partial charge in [0.05, 0.1) is 6.61 Å². The first kappa shape index (κ1) is 16.5. The van der Waals surface area contributed by atoms with E-state index in [-0.39, 0.29) is 18.3 Å². The van der Waals surface area contributed by atoms with Gasteiger partial charge in [0.1, 0.15) is 5.78 Å². The fraction of sp³-hybridized carbons (Fsp3) is 0.818. The number of rotatable bonds is 7. The fourth-order valence-electron chi connectivity index (χ4n) is 0.907. The number of ketones is 1. The lowest BCUT2D eigenvalue weighted by Crippen LogP contribution is -2.26. The SMILES string of the molecule is CC.CCC(=O)CCCC(=O)NCCO. The van der Waals surface area contributed by atoms with E-state index in [2.05, 4.69) is 5.32 Å². The lowest BCUT2D eigenvalue weighted by Gasteiger charge is -2.01. The molecule has 2 N–H and O–H groups in total. The van der Waals surface area contributed by atoms with Gasteiger partial charge in [-0.05, 0) is 6.42 Å². The van der Waals surface area contributed by atoms with Gasteiger partial charge in [-0.25, -0.2) is 0 Å². The van der Waals surface area contributed by atoms with E-state index in [1.807, 2.05) is 20.8 Å². The Morgan fingerprint density at radius 2 is 1.80 bits per heavy atom. The molecule has 4 nitrogen and oxygen atoms in total. The van der Waals surface area contributed by atoms with Crippen molar-refractivity contribution in [3.05, 3.63) is 0 Å². The van der Waals surface area contributed by atoms with Crippen LogP contribution in [0.15, 0.2) is 0 Å². The summed E-state index contributed by atoms with van der Waals surface area (Å²) in [7, 11) is 0. The van der Waals surface area contributed by atoms with Crippen molar-refractivity contribution in [1.29, 1.82) is 0 Å². The topological polar surface area (TPSA) is 66.4 Å². The summed E-state index contributed by atoms with van der Waals surface area (Å²) in [5, 5.41) is 10.9. The van der Waals surface area contributed by atoms with Crippen molar-refractivity contribution < 1.29 is 14.7 Å². The second kappa shape index (κ2) is 13.1. The predicted molar refractivity (Wildman–Crippen MR) is 60.6 cm³/mol. The third-order valence-electron chi connectivity index (χ3n) is 1.69. The first-order chi connectivity index (χ1) is 7.20. The zero-order valence-corrected chi connectivity index (χ0v) is 10.0. The van der Waals surface area contributed by atoms with Crippen LogP contribution in [0.4, 0.5) is 0 Å². The van der Waals surface area contributed by atoms with Gasteiger partial charge in [0.25, 0.3) is 0 Å². The molecule has 15 heavy (non-hydrogen) atoms. The second-order valence-electron chi connectivity index (χ2n) is 2.82. The molecule has 0 aromatic heterocycles. The van der Waals surface area contributed by atoms with Crippen LogP contribution in [-0.2, 0) is 9.59 Å². The van der Waals surface area contributed by atoms with Gasteiger partial charge in [-0.2, -0.15) is 0 Å². The number of aliphatic hydroxyl groups is 1. The van der Waals surface area contributed by atoms with Gasteiger partial charge in [0.15, 0.2) is 0 Å². The largest absolute Gasteiger partial charge is 0.395 e. The van der Waals surface area contributed by atoms with Crippen molar-refractivity contribution in [1.82, 2.24) is 5.32 Å². The van der Waals surface area contributed by atoms with Crippen molar-refractivity contribution >= 4 is 11.7 Å². The summed E-state index contributed by atoms with van der Waals surface area (Å²) < 4.78 is 0. The zero-order chi connectivity index (χ0) is 12.1. The molecule has 0 aromatic carbocycles. The summed E-state index contributed by atoms with van der Waals surface area (Å²) >= 11 is 0. The quantitative estimate of drug-likeness (QED) is 0.675. The molecule has 0 aliphatic heterocycles. The summed E-state index contributed by atoms with van der Waals surface area (Å²) in [6.07, 6.45) is 1.98. The van der Waals surface area contributed by atoms with Crippen molar-refractivity contribution in [3.8, 4) is 0 Å². The maximum atomic E-state index is 10.9. The predicted octanol–water partition coefficient (Wildman–Crippen LogP) is 1.27. The molecule has 0 saturated carbocycles. The first-order valence-corrected chi connectivity index (χ1v) is 5.60. The van der Waals surface area contributed by atoms with E-state index in [0.717, 1.165) is 0 Å². The van der Waals surface area contributed by atoms with Crippen LogP contribution in [0.3, 0.4) is 0 Å². The molecule has 0 bridgehead atoms. The molecule has 0 radical (unpaired) electrons. The minimum Gasteiger partial charge on any atom is -0.395 e. The molecule has 0 spiro atoms. The number of carbonyl (C=O) groups excluding carboxylic acids is 2. The van der Waals surface area contributed by atoms with Crippen LogP contribution in [0.5, 0.6) is 0 Å². The Morgan fingerprint density at radius 3 is 2.27 bits per heavy atom. The van der Waals surface area contributed by atoms with E-state index in [1.54, 1.807) is 0 Å². The van der Waals surface area contributed by atoms with Gasteiger partial charge in [-0.3, -0.25) is 9.59 Å². The minimum atomic E-state index is -0.0991. The molecule has 0 aliphatic rings. The Balaban J connectivity index is 0. The van der Waals surface area contributed by atoms with Gasteiger partial charge in [-0.1, -0.05) is 20.8 Å². The van der Waals surface area contributed by atoms with Crippen LogP contribution < -0.4 is 5.32 Å². The standard InChI is InChI=1S/C9H17NO3.C2H6/c1-2-8(12)4-3-5-9(13)10-6-7-11;1-2/h11H,2-7H2,1H3,(H,10,13);1-2H3. The van der Waals surface area contributed by atoms with Crippen LogP contribution in [-0.4, -0.2) is 29.9 Å². The van der Waals surface area contributed by atoms with Crippen molar-refractivity contribution in [2.45, 2.75) is 46.5 Å². The number of hydrogen-bond acceptors (Lipinski definition) is 3. The highest BCUT2D eigenvalue weighted by molar-refractivity contribution is 5.79. The number of aliphatic hydroxyl groups excluding tert-OH is 1. The minimum absolute atomic E-state index is 0.0420. The second-order valence-corrected chi connectivity index (χ2v) is 2.82. The highest BCUT2D eigenvalue weighted by Crippen LogP contribution is 1.98. The summed E-state index contributed by atoms with van der Waals surface area (Å²) in [6, 6.07) is 0. The molecule has 90 valence electrons. The maximum Gasteiger partial charge on any atom is 0.220 e. The van der Waals surface area contributed by atoms with Gasteiger partial charge >= 0.3 is 0 Å². The third-order valence-corrected chi connectivity index (χ3v) is 1.69. The van der Waals surface area contributed by atoms with Crippen molar-refractivity contribution in [2.24, 2.45) is 0 Å². The van der Waals surface area contributed by atoms with Gasteiger partial charge in [0, 0.05) is 25.8 Å². The zero-order valence-electron chi connectivity index (χ0n) is 10.0. The number of Topliss-reactive ketones (excluding diaryl/α,β-unsaturated/α-hetero) is 1. The summed E-state index contributed by atoms with van der Waals surface area (Å²) in [5.74, 6) is 0.0907. The first-order valence-electron chi connectivity index (χ1n) is 5.60. The molecule has 4 heteroatoms. The summed E-state index contributed by atoms with van der Waals surface area (Å²) in [5.41, 5.74) is 0. The highest BCUT2D eigenvalue weighted by atomic mass is 16.3. The highest BCUT2D eigenvalue weighted by Gasteiger charge is 2.02. The number of hydrogen-bond donors (Lipinski definition) is 2. The van der Waals surface area contributed by atoms with Crippen LogP contribution >= 0.6 is 0 Å². The fourth-order valence-corrected chi connectivity index (χ4v) is 0.907. The Hall–Kier alpha value is -0.900. The molecule has 0 unspecified atom stereocenters. The Kier molecular flexibility index (Phi) is 14.4. The smallest absolute Gasteiger partial charge is 0.220 e. The van der Waals surface area contributed by atoms with E-state index >= 15 is 0 Å². The number of amides is 1. The normalized spacial score (nSPS) is 8.80. The van der Waals surface area contributed by atoms with E-state index in [9.17, 15) is 9.59 Å². The molecule has 0 atom stereocenters. The molecule has 0 aromatic rings. The van der Waals surface area contributed by atoms with Crippen LogP contribution in [0, 0.1) is 0 Å². The molecular formula is C11H23NO3. The van der Waals surface area contributed by atoms with Crippen LogP contribution in [0.1, 0.15) is 46.5 Å². The van der Waals surface area contributed by atoms with Crippen LogP contribution in [0.25, 0.3) is 0 Å². The van der Waals surface area contributed by atoms with E-state index < -0.39 is 0 Å². The van der Waals surface area contributed by atoms with E-state index in [1.165, 1.54) is 0 Å². The summed E-state index contributed by atoms with van der Waals surface area (Å²) in [6.45, 7) is 6.06. The van der Waals surface area contributed by atoms with E-state index in [4.69, 9.17) is 5.11 Å². The van der Waals surface area contributed by atoms with E-state index in [0.29, 0.717) is 32.2 Å². The number of nitrogens with one attached hydrogen (secondary N) is 1. The molecular weight excluding hydrogens is 194 g/mol. The molecule has 0 aliphatic carbocycles. The Morgan fingerprint density at radius 1 is 1.20 bits per heavy atom. The molecule has 0 rings (SSSR count). The number of carbonyl (C=O) groups is 2. The lowest BCUT2D eigenvalue weighted by molar-refractivity contribution is -0.121. The monoisotopic (exact) mass is 217 g/mol. The molecule has 0 heterocycles. The van der Waals surface area contributed by atoms with Gasteiger partial charge in [-0.15, -0.1) is 0 Å². The Bertz CT molecular complexity index is 169. The average molecular weight is 217 g/mol. The van der Waals surface area contributed by atoms with Crippen molar-refractivity contribution in [3.63, 3.8) is 0 Å². The molecule has 0 saturated heterocycles. The average Bonchev–Trinajstić information content (AvgIpc) is 2.28. The lowest BCUT2D eigenvalue weighted by atomic mass is 10.1. The summed E-state index contributed by atoms with van der Waals surface area (Å²) in [4.78, 5) is 21.8. The maximum absolute atomic E-state index is 10.9. The van der Waals surface area contributed by atoms with Crippen molar-refractivity contribution in [2.75, 3.05) is 13.2 Å². The van der Waals surface area contributed by atoms with Gasteiger partial charge < -0.3 is 10.4 Å². The third kappa shape index (κ3) is 13.1. The Labute approximate surface area is 92.1 Å². The van der Waals surface area contributed by atoms with Crippen LogP contribution in [0.2, 0.25) is 0 Å². The molecule has 0 fully saturated rings. The molecule has 1 amide bonds.